The van der Waals surface area contributed by atoms with E-state index >= 15 is 0 Å². The first-order chi connectivity index (χ1) is 10.5. The summed E-state index contributed by atoms with van der Waals surface area (Å²) < 4.78 is 18.1. The molecule has 0 saturated carbocycles. The van der Waals surface area contributed by atoms with Gasteiger partial charge in [0, 0.05) is 23.2 Å². The second-order valence-corrected chi connectivity index (χ2v) is 7.11. The normalized spacial score (nSPS) is 35.5. The Bertz CT molecular complexity index is 438. The predicted molar refractivity (Wildman–Crippen MR) is 89.6 cm³/mol. The Morgan fingerprint density at radius 1 is 1.50 bits per heavy atom. The van der Waals surface area contributed by atoms with Crippen molar-refractivity contribution in [2.24, 2.45) is 5.92 Å². The third-order valence-corrected chi connectivity index (χ3v) is 5.92. The summed E-state index contributed by atoms with van der Waals surface area (Å²) in [5, 5.41) is 8.99. The maximum Gasteiger partial charge on any atom is 0.305 e. The fourth-order valence-electron chi connectivity index (χ4n) is 3.44. The van der Waals surface area contributed by atoms with Crippen LogP contribution < -0.4 is 0 Å². The second kappa shape index (κ2) is 7.93. The van der Waals surface area contributed by atoms with Gasteiger partial charge in [0.2, 0.25) is 0 Å². The van der Waals surface area contributed by atoms with Crippen molar-refractivity contribution in [2.75, 3.05) is 11.5 Å². The molecule has 2 fully saturated rings. The van der Waals surface area contributed by atoms with Crippen LogP contribution in [-0.2, 0) is 19.0 Å². The first-order valence-electron chi connectivity index (χ1n) is 7.88. The molecule has 2 rings (SSSR count). The van der Waals surface area contributed by atoms with Crippen LogP contribution in [0.4, 0.5) is 0 Å². The van der Waals surface area contributed by atoms with Gasteiger partial charge >= 0.3 is 5.97 Å². The fourth-order valence-corrected chi connectivity index (χ4v) is 4.42. The van der Waals surface area contributed by atoms with Crippen molar-refractivity contribution >= 4 is 28.6 Å². The number of rotatable bonds is 6. The number of esters is 1. The number of ether oxygens (including phenoxy) is 3. The van der Waals surface area contributed by atoms with Gasteiger partial charge in [-0.15, -0.1) is 0 Å². The Kier molecular flexibility index (Phi) is 6.47. The minimum Gasteiger partial charge on any atom is -0.469 e. The van der Waals surface area contributed by atoms with Gasteiger partial charge in [-0.1, -0.05) is 22.6 Å². The molecule has 1 unspecified atom stereocenters. The van der Waals surface area contributed by atoms with Crippen LogP contribution in [0.2, 0.25) is 0 Å². The molecule has 22 heavy (non-hydrogen) atoms. The van der Waals surface area contributed by atoms with E-state index in [1.165, 1.54) is 7.11 Å². The standard InChI is InChI=1S/C16H24INO4/c1-11(9-18)7-12-3-5-14-16(10-17,22-12)8-13(21-14)4-6-15(19)20-2/h11-14H,3-8,10H2,1-2H3/t11-,12?,13+,14+,16-/m1/s1. The average Bonchev–Trinajstić information content (AvgIpc) is 2.90. The molecule has 5 nitrogen and oxygen atoms in total. The number of hydrogen-bond acceptors (Lipinski definition) is 5. The number of hydrogen-bond donors (Lipinski definition) is 0. The molecule has 0 amide bonds. The van der Waals surface area contributed by atoms with Gasteiger partial charge in [0.15, 0.2) is 0 Å². The van der Waals surface area contributed by atoms with Crippen LogP contribution in [0.15, 0.2) is 0 Å². The minimum atomic E-state index is -0.251. The summed E-state index contributed by atoms with van der Waals surface area (Å²) in [7, 11) is 1.41. The molecule has 0 spiro atoms. The third kappa shape index (κ3) is 4.12. The van der Waals surface area contributed by atoms with E-state index in [0.29, 0.717) is 12.8 Å². The van der Waals surface area contributed by atoms with E-state index in [9.17, 15) is 4.79 Å². The van der Waals surface area contributed by atoms with Gasteiger partial charge < -0.3 is 14.2 Å². The number of nitrogens with zero attached hydrogens (tertiary/aromatic N) is 1. The largest absolute Gasteiger partial charge is 0.469 e. The van der Waals surface area contributed by atoms with Crippen molar-refractivity contribution in [1.29, 1.82) is 5.26 Å². The van der Waals surface area contributed by atoms with E-state index in [0.717, 1.165) is 30.1 Å². The molecular formula is C16H24INO4. The maximum atomic E-state index is 11.3. The van der Waals surface area contributed by atoms with Crippen molar-refractivity contribution in [3.63, 3.8) is 0 Å². The lowest BCUT2D eigenvalue weighted by Crippen LogP contribution is -2.50. The summed E-state index contributed by atoms with van der Waals surface area (Å²) >= 11 is 2.37. The second-order valence-electron chi connectivity index (χ2n) is 6.35. The van der Waals surface area contributed by atoms with Crippen molar-refractivity contribution in [3.05, 3.63) is 0 Å². The molecule has 0 N–H and O–H groups in total. The van der Waals surface area contributed by atoms with Crippen molar-refractivity contribution in [3.8, 4) is 6.07 Å². The molecule has 2 saturated heterocycles. The van der Waals surface area contributed by atoms with Crippen LogP contribution in [0.5, 0.6) is 0 Å². The Balaban J connectivity index is 1.94. The molecule has 5 atom stereocenters. The van der Waals surface area contributed by atoms with Gasteiger partial charge in [-0.05, 0) is 32.6 Å². The first kappa shape index (κ1) is 18.0. The fraction of sp³-hybridized carbons (Fsp3) is 0.875. The number of carbonyl (C=O) groups is 1. The smallest absolute Gasteiger partial charge is 0.305 e. The van der Waals surface area contributed by atoms with Gasteiger partial charge in [-0.25, -0.2) is 0 Å². The van der Waals surface area contributed by atoms with Gasteiger partial charge in [0.05, 0.1) is 31.5 Å². The molecule has 2 heterocycles. The van der Waals surface area contributed by atoms with E-state index in [1.807, 2.05) is 6.92 Å². The van der Waals surface area contributed by atoms with E-state index < -0.39 is 0 Å². The minimum absolute atomic E-state index is 0.0188. The van der Waals surface area contributed by atoms with Gasteiger partial charge in [0.1, 0.15) is 5.60 Å². The summed E-state index contributed by atoms with van der Waals surface area (Å²) in [6.45, 7) is 1.94. The quantitative estimate of drug-likeness (QED) is 0.375. The summed E-state index contributed by atoms with van der Waals surface area (Å²) in [4.78, 5) is 11.3. The molecule has 0 aromatic carbocycles. The molecule has 0 bridgehead atoms. The van der Waals surface area contributed by atoms with Crippen LogP contribution in [0, 0.1) is 17.2 Å². The lowest BCUT2D eigenvalue weighted by molar-refractivity contribution is -0.155. The zero-order chi connectivity index (χ0) is 16.2. The SMILES string of the molecule is COC(=O)CC[C@H]1C[C@]2(CI)OC(C[C@@H](C)C#N)CC[C@@H]2O1. The number of nitriles is 1. The third-order valence-electron chi connectivity index (χ3n) is 4.63. The molecule has 2 aliphatic heterocycles. The Morgan fingerprint density at radius 3 is 2.91 bits per heavy atom. The number of halogens is 1. The summed E-state index contributed by atoms with van der Waals surface area (Å²) in [6, 6.07) is 2.29. The Hall–Kier alpha value is -0.390. The Labute approximate surface area is 145 Å². The number of alkyl halides is 1. The number of fused-ring (bicyclic) bond motifs is 1. The molecular weight excluding hydrogens is 397 g/mol. The summed E-state index contributed by atoms with van der Waals surface area (Å²) in [5.74, 6) is -0.172. The number of carbonyl (C=O) groups excluding carboxylic acids is 1. The number of methoxy groups -OCH3 is 1. The topological polar surface area (TPSA) is 68.5 Å². The van der Waals surface area contributed by atoms with E-state index in [4.69, 9.17) is 19.5 Å². The zero-order valence-corrected chi connectivity index (χ0v) is 15.4. The van der Waals surface area contributed by atoms with Gasteiger partial charge in [-0.3, -0.25) is 4.79 Å². The van der Waals surface area contributed by atoms with E-state index in [1.54, 1.807) is 0 Å². The van der Waals surface area contributed by atoms with Gasteiger partial charge in [-0.2, -0.15) is 5.26 Å². The van der Waals surface area contributed by atoms with E-state index in [2.05, 4.69) is 28.7 Å². The molecule has 0 aromatic heterocycles. The molecule has 6 heteroatoms. The van der Waals surface area contributed by atoms with Crippen molar-refractivity contribution in [1.82, 2.24) is 0 Å². The molecule has 0 aromatic rings. The lowest BCUT2D eigenvalue weighted by Gasteiger charge is -2.41. The first-order valence-corrected chi connectivity index (χ1v) is 9.41. The molecule has 0 radical (unpaired) electrons. The predicted octanol–water partition coefficient (Wildman–Crippen LogP) is 3.00. The lowest BCUT2D eigenvalue weighted by atomic mass is 9.86. The monoisotopic (exact) mass is 421 g/mol. The highest BCUT2D eigenvalue weighted by Gasteiger charge is 2.52. The van der Waals surface area contributed by atoms with Crippen molar-refractivity contribution in [2.45, 2.75) is 69.4 Å². The van der Waals surface area contributed by atoms with Crippen LogP contribution in [0.1, 0.15) is 45.4 Å². The molecule has 124 valence electrons. The highest BCUT2D eigenvalue weighted by molar-refractivity contribution is 14.1. The van der Waals surface area contributed by atoms with E-state index in [-0.39, 0.29) is 35.8 Å². The van der Waals surface area contributed by atoms with Gasteiger partial charge in [0.25, 0.3) is 0 Å². The zero-order valence-electron chi connectivity index (χ0n) is 13.2. The van der Waals surface area contributed by atoms with Crippen molar-refractivity contribution < 1.29 is 19.0 Å². The molecule has 0 aliphatic carbocycles. The van der Waals surface area contributed by atoms with Crippen LogP contribution >= 0.6 is 22.6 Å². The highest BCUT2D eigenvalue weighted by atomic mass is 127. The van der Waals surface area contributed by atoms with Crippen LogP contribution in [0.3, 0.4) is 0 Å². The molecule has 2 aliphatic rings. The Morgan fingerprint density at radius 2 is 2.27 bits per heavy atom. The highest BCUT2D eigenvalue weighted by Crippen LogP contribution is 2.44. The average molecular weight is 421 g/mol. The maximum absolute atomic E-state index is 11.3. The summed E-state index contributed by atoms with van der Waals surface area (Å²) in [6.07, 6.45) is 4.92. The van der Waals surface area contributed by atoms with Crippen LogP contribution in [-0.4, -0.2) is 41.4 Å². The van der Waals surface area contributed by atoms with Crippen LogP contribution in [0.25, 0.3) is 0 Å². The summed E-state index contributed by atoms with van der Waals surface area (Å²) in [5.41, 5.74) is -0.251.